The molecule has 0 aliphatic heterocycles. The molecule has 0 aromatic heterocycles. The molecule has 9 nitrogen and oxygen atoms in total. The van der Waals surface area contributed by atoms with Crippen LogP contribution in [-0.4, -0.2) is 69.8 Å². The molecule has 2 aromatic rings. The second-order valence-corrected chi connectivity index (χ2v) is 10.4. The minimum absolute atomic E-state index is 0.135. The van der Waals surface area contributed by atoms with Gasteiger partial charge in [0.25, 0.3) is 0 Å². The van der Waals surface area contributed by atoms with Crippen molar-refractivity contribution in [2.24, 2.45) is 0 Å². The molecule has 35 heavy (non-hydrogen) atoms. The molecule has 1 atom stereocenters. The minimum atomic E-state index is -3.96. The SMILES string of the molecule is CCCCNC(=O)C(C)N(Cc1ccc(OC)cc1)C(=O)CN(c1ccccc1)S(=O)(=O)N(C)C. The van der Waals surface area contributed by atoms with Crippen molar-refractivity contribution in [1.29, 1.82) is 0 Å². The van der Waals surface area contributed by atoms with Gasteiger partial charge in [-0.1, -0.05) is 43.7 Å². The molecule has 0 heterocycles. The molecule has 0 fully saturated rings. The van der Waals surface area contributed by atoms with E-state index in [0.717, 1.165) is 27.0 Å². The van der Waals surface area contributed by atoms with Crippen LogP contribution < -0.4 is 14.4 Å². The Morgan fingerprint density at radius 1 is 1.03 bits per heavy atom. The second kappa shape index (κ2) is 13.1. The predicted molar refractivity (Wildman–Crippen MR) is 137 cm³/mol. The van der Waals surface area contributed by atoms with Gasteiger partial charge in [0, 0.05) is 27.2 Å². The van der Waals surface area contributed by atoms with Gasteiger partial charge in [0.05, 0.1) is 12.8 Å². The Bertz CT molecular complexity index is 1060. The van der Waals surface area contributed by atoms with Crippen LogP contribution in [0.1, 0.15) is 32.3 Å². The zero-order chi connectivity index (χ0) is 26.0. The Morgan fingerprint density at radius 2 is 1.66 bits per heavy atom. The third-order valence-corrected chi connectivity index (χ3v) is 7.39. The van der Waals surface area contributed by atoms with Crippen molar-refractivity contribution < 1.29 is 22.7 Å². The van der Waals surface area contributed by atoms with Gasteiger partial charge < -0.3 is 15.0 Å². The molecular formula is C25H36N4O5S. The van der Waals surface area contributed by atoms with Crippen LogP contribution in [0.4, 0.5) is 5.69 Å². The summed E-state index contributed by atoms with van der Waals surface area (Å²) >= 11 is 0. The van der Waals surface area contributed by atoms with E-state index >= 15 is 0 Å². The zero-order valence-electron chi connectivity index (χ0n) is 21.1. The molecule has 2 aromatic carbocycles. The first-order chi connectivity index (χ1) is 16.6. The molecule has 0 saturated heterocycles. The van der Waals surface area contributed by atoms with Gasteiger partial charge in [-0.25, -0.2) is 4.31 Å². The monoisotopic (exact) mass is 504 g/mol. The number of ether oxygens (including phenoxy) is 1. The first-order valence-electron chi connectivity index (χ1n) is 11.6. The summed E-state index contributed by atoms with van der Waals surface area (Å²) in [6, 6.07) is 14.8. The highest BCUT2D eigenvalue weighted by atomic mass is 32.2. The normalized spacial score (nSPS) is 12.2. The number of hydrogen-bond acceptors (Lipinski definition) is 5. The van der Waals surface area contributed by atoms with Gasteiger partial charge in [-0.3, -0.25) is 9.59 Å². The van der Waals surface area contributed by atoms with Crippen LogP contribution in [0.3, 0.4) is 0 Å². The number of carbonyl (C=O) groups excluding carboxylic acids is 2. The molecule has 0 aliphatic carbocycles. The standard InChI is InChI=1S/C25H36N4O5S/c1-6-7-17-26-25(31)20(2)28(18-21-13-15-23(34-5)16-14-21)24(30)19-29(35(32,33)27(3)4)22-11-9-8-10-12-22/h8-16,20H,6-7,17-19H2,1-5H3,(H,26,31). The Hall–Kier alpha value is -3.11. The summed E-state index contributed by atoms with van der Waals surface area (Å²) in [5, 5.41) is 2.86. The molecule has 0 spiro atoms. The summed E-state index contributed by atoms with van der Waals surface area (Å²) in [6.07, 6.45) is 1.76. The van der Waals surface area contributed by atoms with Gasteiger partial charge in [-0.05, 0) is 43.2 Å². The minimum Gasteiger partial charge on any atom is -0.497 e. The van der Waals surface area contributed by atoms with Crippen molar-refractivity contribution in [1.82, 2.24) is 14.5 Å². The van der Waals surface area contributed by atoms with E-state index in [2.05, 4.69) is 5.32 Å². The number of nitrogens with zero attached hydrogens (tertiary/aromatic N) is 3. The van der Waals surface area contributed by atoms with E-state index in [-0.39, 0.29) is 12.5 Å². The Balaban J connectivity index is 2.37. The van der Waals surface area contributed by atoms with Crippen molar-refractivity contribution in [3.63, 3.8) is 0 Å². The Kier molecular flexibility index (Phi) is 10.5. The van der Waals surface area contributed by atoms with Crippen LogP contribution >= 0.6 is 0 Å². The maximum absolute atomic E-state index is 13.6. The molecule has 2 rings (SSSR count). The van der Waals surface area contributed by atoms with Crippen LogP contribution in [0.2, 0.25) is 0 Å². The van der Waals surface area contributed by atoms with E-state index in [1.807, 2.05) is 19.1 Å². The molecular weight excluding hydrogens is 468 g/mol. The molecule has 0 radical (unpaired) electrons. The highest BCUT2D eigenvalue weighted by molar-refractivity contribution is 7.90. The molecule has 1 N–H and O–H groups in total. The van der Waals surface area contributed by atoms with E-state index in [1.165, 1.54) is 19.0 Å². The number of anilines is 1. The number of amides is 2. The van der Waals surface area contributed by atoms with Crippen LogP contribution in [0, 0.1) is 0 Å². The van der Waals surface area contributed by atoms with Gasteiger partial charge in [0.2, 0.25) is 11.8 Å². The number of methoxy groups -OCH3 is 1. The van der Waals surface area contributed by atoms with Crippen LogP contribution in [-0.2, 0) is 26.3 Å². The Morgan fingerprint density at radius 3 is 2.20 bits per heavy atom. The van der Waals surface area contributed by atoms with Crippen molar-refractivity contribution in [2.75, 3.05) is 38.6 Å². The van der Waals surface area contributed by atoms with Crippen molar-refractivity contribution in [3.8, 4) is 5.75 Å². The molecule has 0 saturated carbocycles. The average Bonchev–Trinajstić information content (AvgIpc) is 2.86. The quantitative estimate of drug-likeness (QED) is 0.423. The summed E-state index contributed by atoms with van der Waals surface area (Å²) in [6.45, 7) is 3.87. The lowest BCUT2D eigenvalue weighted by Gasteiger charge is -2.32. The van der Waals surface area contributed by atoms with Crippen molar-refractivity contribution in [2.45, 2.75) is 39.3 Å². The molecule has 0 aliphatic rings. The van der Waals surface area contributed by atoms with E-state index in [1.54, 1.807) is 56.5 Å². The van der Waals surface area contributed by atoms with Gasteiger partial charge in [-0.2, -0.15) is 12.7 Å². The average molecular weight is 505 g/mol. The lowest BCUT2D eigenvalue weighted by atomic mass is 10.1. The number of rotatable bonds is 13. The summed E-state index contributed by atoms with van der Waals surface area (Å²) < 4.78 is 33.5. The number of carbonyl (C=O) groups is 2. The fraction of sp³-hybridized carbons (Fsp3) is 0.440. The molecule has 1 unspecified atom stereocenters. The molecule has 192 valence electrons. The topological polar surface area (TPSA) is 99.3 Å². The third-order valence-electron chi connectivity index (χ3n) is 5.57. The molecule has 10 heteroatoms. The van der Waals surface area contributed by atoms with Crippen LogP contribution in [0.15, 0.2) is 54.6 Å². The summed E-state index contributed by atoms with van der Waals surface area (Å²) in [5.41, 5.74) is 1.15. The number of unbranched alkanes of at least 4 members (excludes halogenated alkanes) is 1. The maximum atomic E-state index is 13.6. The lowest BCUT2D eigenvalue weighted by molar-refractivity contribution is -0.139. The van der Waals surface area contributed by atoms with E-state index < -0.39 is 28.7 Å². The van der Waals surface area contributed by atoms with Crippen molar-refractivity contribution in [3.05, 3.63) is 60.2 Å². The molecule has 2 amide bonds. The maximum Gasteiger partial charge on any atom is 0.304 e. The van der Waals surface area contributed by atoms with Gasteiger partial charge in [-0.15, -0.1) is 0 Å². The fourth-order valence-electron chi connectivity index (χ4n) is 3.36. The number of nitrogens with one attached hydrogen (secondary N) is 1. The van der Waals surface area contributed by atoms with Crippen LogP contribution in [0.5, 0.6) is 5.75 Å². The lowest BCUT2D eigenvalue weighted by Crippen LogP contribution is -2.52. The summed E-state index contributed by atoms with van der Waals surface area (Å²) in [5.74, 6) is -0.111. The largest absolute Gasteiger partial charge is 0.497 e. The first kappa shape index (κ1) is 28.1. The van der Waals surface area contributed by atoms with Gasteiger partial charge >= 0.3 is 10.2 Å². The van der Waals surface area contributed by atoms with Crippen molar-refractivity contribution >= 4 is 27.7 Å². The number of para-hydroxylation sites is 1. The Labute approximate surface area is 208 Å². The van der Waals surface area contributed by atoms with E-state index in [9.17, 15) is 18.0 Å². The van der Waals surface area contributed by atoms with Gasteiger partial charge in [0.15, 0.2) is 0 Å². The smallest absolute Gasteiger partial charge is 0.304 e. The highest BCUT2D eigenvalue weighted by Crippen LogP contribution is 2.21. The van der Waals surface area contributed by atoms with Crippen LogP contribution in [0.25, 0.3) is 0 Å². The predicted octanol–water partition coefficient (Wildman–Crippen LogP) is 2.64. The van der Waals surface area contributed by atoms with Gasteiger partial charge in [0.1, 0.15) is 18.3 Å². The third kappa shape index (κ3) is 7.69. The first-order valence-corrected chi connectivity index (χ1v) is 13.0. The molecule has 0 bridgehead atoms. The zero-order valence-corrected chi connectivity index (χ0v) is 21.9. The van der Waals surface area contributed by atoms with E-state index in [0.29, 0.717) is 18.0 Å². The summed E-state index contributed by atoms with van der Waals surface area (Å²) in [7, 11) is 0.425. The second-order valence-electron chi connectivity index (χ2n) is 8.32. The van der Waals surface area contributed by atoms with E-state index in [4.69, 9.17) is 4.74 Å². The number of hydrogen-bond donors (Lipinski definition) is 1. The highest BCUT2D eigenvalue weighted by Gasteiger charge is 2.32. The fourth-order valence-corrected chi connectivity index (χ4v) is 4.41. The number of benzene rings is 2. The summed E-state index contributed by atoms with van der Waals surface area (Å²) in [4.78, 5) is 27.9.